The van der Waals surface area contributed by atoms with Crippen molar-refractivity contribution in [2.24, 2.45) is 22.1 Å². The third-order valence-corrected chi connectivity index (χ3v) is 5.39. The summed E-state index contributed by atoms with van der Waals surface area (Å²) in [5.74, 6) is 0.466. The van der Waals surface area contributed by atoms with Crippen LogP contribution in [0.15, 0.2) is 28.4 Å². The van der Waals surface area contributed by atoms with Gasteiger partial charge in [-0.15, -0.1) is 0 Å². The second kappa shape index (κ2) is 7.24. The minimum absolute atomic E-state index is 0.0515. The molecule has 6 heteroatoms. The first-order valence-electron chi connectivity index (χ1n) is 8.29. The summed E-state index contributed by atoms with van der Waals surface area (Å²) in [6, 6.07) is 4.76. The number of fused-ring (bicyclic) bond motifs is 1. The van der Waals surface area contributed by atoms with E-state index in [4.69, 9.17) is 11.6 Å². The highest BCUT2D eigenvalue weighted by molar-refractivity contribution is 6.32. The molecule has 1 N–H and O–H groups in total. The Balaban J connectivity index is 1.72. The highest BCUT2D eigenvalue weighted by atomic mass is 35.5. The second-order valence-electron chi connectivity index (χ2n) is 6.45. The van der Waals surface area contributed by atoms with Gasteiger partial charge in [0.1, 0.15) is 16.9 Å². The van der Waals surface area contributed by atoms with Crippen molar-refractivity contribution < 1.29 is 9.90 Å². The number of para-hydroxylation sites is 1. The van der Waals surface area contributed by atoms with E-state index in [2.05, 4.69) is 15.1 Å². The van der Waals surface area contributed by atoms with Crippen molar-refractivity contribution in [3.63, 3.8) is 0 Å². The molecule has 122 valence electrons. The number of aromatic hydroxyl groups is 1. The highest BCUT2D eigenvalue weighted by Crippen LogP contribution is 2.41. The molecule has 5 nitrogen and oxygen atoms in total. The summed E-state index contributed by atoms with van der Waals surface area (Å²) in [6.45, 7) is 0. The van der Waals surface area contributed by atoms with E-state index in [-0.39, 0.29) is 22.4 Å². The smallest absolute Gasteiger partial charge is 0.364 e. The second-order valence-corrected chi connectivity index (χ2v) is 6.86. The largest absolute Gasteiger partial charge is 0.506 e. The van der Waals surface area contributed by atoms with Gasteiger partial charge in [0, 0.05) is 0 Å². The van der Waals surface area contributed by atoms with Gasteiger partial charge in [0.25, 0.3) is 0 Å². The molecule has 23 heavy (non-hydrogen) atoms. The molecule has 0 aliphatic heterocycles. The first-order valence-corrected chi connectivity index (χ1v) is 8.67. The molecular formula is C17H21ClN3O2+. The van der Waals surface area contributed by atoms with Crippen LogP contribution < -0.4 is 4.91 Å². The quantitative estimate of drug-likeness (QED) is 0.637. The van der Waals surface area contributed by atoms with E-state index >= 15 is 0 Å². The summed E-state index contributed by atoms with van der Waals surface area (Å²) >= 11 is 5.79. The van der Waals surface area contributed by atoms with Crippen LogP contribution >= 0.6 is 11.6 Å². The molecule has 3 atom stereocenters. The maximum absolute atomic E-state index is 12.0. The number of hydrogen-bond donors (Lipinski definition) is 1. The van der Waals surface area contributed by atoms with Gasteiger partial charge >= 0.3 is 5.91 Å². The highest BCUT2D eigenvalue weighted by Gasteiger charge is 2.37. The topological polar surface area (TPSA) is 76.1 Å². The van der Waals surface area contributed by atoms with Gasteiger partial charge in [0.15, 0.2) is 0 Å². The summed E-state index contributed by atoms with van der Waals surface area (Å²) in [5, 5.41) is 17.8. The normalized spacial score (nSPS) is 26.7. The van der Waals surface area contributed by atoms with Gasteiger partial charge in [-0.1, -0.05) is 49.8 Å². The van der Waals surface area contributed by atoms with Crippen LogP contribution in [0.1, 0.15) is 55.3 Å². The SMILES string of the molecule is O=C(N=[N+]=NC1CCCC2CCCCC21)c1cccc(Cl)c1O. The minimum Gasteiger partial charge on any atom is -0.506 e. The van der Waals surface area contributed by atoms with Crippen LogP contribution in [0, 0.1) is 11.8 Å². The Morgan fingerprint density at radius 1 is 1.17 bits per heavy atom. The van der Waals surface area contributed by atoms with E-state index in [0.717, 1.165) is 12.3 Å². The minimum atomic E-state index is -0.621. The molecule has 3 unspecified atom stereocenters. The Morgan fingerprint density at radius 3 is 2.83 bits per heavy atom. The van der Waals surface area contributed by atoms with Crippen LogP contribution in [0.5, 0.6) is 5.75 Å². The zero-order valence-corrected chi connectivity index (χ0v) is 13.7. The molecule has 0 spiro atoms. The number of phenols is 1. The lowest BCUT2D eigenvalue weighted by Gasteiger charge is -2.36. The van der Waals surface area contributed by atoms with Crippen molar-refractivity contribution >= 4 is 17.5 Å². The van der Waals surface area contributed by atoms with Gasteiger partial charge in [-0.2, -0.15) is 0 Å². The summed E-state index contributed by atoms with van der Waals surface area (Å²) in [7, 11) is 0. The molecule has 2 fully saturated rings. The first-order chi connectivity index (χ1) is 11.2. The first kappa shape index (κ1) is 16.2. The number of hydrogen-bond acceptors (Lipinski definition) is 3. The molecule has 0 heterocycles. The molecule has 0 bridgehead atoms. The molecular weight excluding hydrogens is 314 g/mol. The van der Waals surface area contributed by atoms with E-state index in [9.17, 15) is 9.90 Å². The number of nitrogens with zero attached hydrogens (tertiary/aromatic N) is 3. The Labute approximate surface area is 140 Å². The molecule has 0 saturated heterocycles. The number of halogens is 1. The van der Waals surface area contributed by atoms with Crippen LogP contribution in [0.4, 0.5) is 0 Å². The standard InChI is InChI=1S/C17H20ClN3O2/c18-14-9-4-8-13(16(14)22)17(23)20-21-19-15-10-3-6-11-5-1-2-7-12(11)15/h4,8-9,11-12,15H,1-3,5-7,10H2/p+1. The molecule has 0 aromatic heterocycles. The van der Waals surface area contributed by atoms with Crippen molar-refractivity contribution in [2.75, 3.05) is 0 Å². The zero-order valence-electron chi connectivity index (χ0n) is 13.0. The maximum Gasteiger partial charge on any atom is 0.364 e. The lowest BCUT2D eigenvalue weighted by Crippen LogP contribution is -2.33. The van der Waals surface area contributed by atoms with Crippen molar-refractivity contribution in [1.29, 1.82) is 0 Å². The van der Waals surface area contributed by atoms with Crippen LogP contribution in [0.3, 0.4) is 0 Å². The fourth-order valence-corrected chi connectivity index (χ4v) is 4.10. The average Bonchev–Trinajstić information content (AvgIpc) is 2.57. The van der Waals surface area contributed by atoms with Gasteiger partial charge in [-0.25, -0.2) is 0 Å². The van der Waals surface area contributed by atoms with E-state index in [1.807, 2.05) is 0 Å². The average molecular weight is 335 g/mol. The third-order valence-electron chi connectivity index (χ3n) is 5.09. The Kier molecular flexibility index (Phi) is 5.09. The van der Waals surface area contributed by atoms with Gasteiger partial charge in [-0.05, 0) is 36.8 Å². The Morgan fingerprint density at radius 2 is 1.96 bits per heavy atom. The van der Waals surface area contributed by atoms with Crippen LogP contribution in [-0.4, -0.2) is 17.1 Å². The Hall–Kier alpha value is -1.71. The van der Waals surface area contributed by atoms with Gasteiger partial charge in [0.05, 0.1) is 10.6 Å². The predicted molar refractivity (Wildman–Crippen MR) is 87.5 cm³/mol. The van der Waals surface area contributed by atoms with Crippen molar-refractivity contribution in [1.82, 2.24) is 4.91 Å². The maximum atomic E-state index is 12.0. The molecule has 0 radical (unpaired) electrons. The number of amides is 1. The van der Waals surface area contributed by atoms with Gasteiger partial charge in [0.2, 0.25) is 10.0 Å². The summed E-state index contributed by atoms with van der Waals surface area (Å²) in [4.78, 5) is 15.8. The zero-order chi connectivity index (χ0) is 16.2. The molecule has 3 rings (SSSR count). The van der Waals surface area contributed by atoms with Gasteiger partial charge in [-0.3, -0.25) is 4.79 Å². The van der Waals surface area contributed by atoms with E-state index < -0.39 is 5.91 Å². The number of rotatable bonds is 2. The molecule has 1 aromatic carbocycles. The third kappa shape index (κ3) is 3.62. The predicted octanol–water partition coefficient (Wildman–Crippen LogP) is 4.52. The van der Waals surface area contributed by atoms with E-state index in [0.29, 0.717) is 5.92 Å². The van der Waals surface area contributed by atoms with E-state index in [1.54, 1.807) is 6.07 Å². The monoisotopic (exact) mass is 334 g/mol. The summed E-state index contributed by atoms with van der Waals surface area (Å²) < 4.78 is 0. The van der Waals surface area contributed by atoms with Gasteiger partial charge < -0.3 is 5.11 Å². The number of carbonyl (C=O) groups excluding carboxylic acids is 1. The number of phenolic OH excluding ortho intramolecular Hbond substituents is 1. The lowest BCUT2D eigenvalue weighted by atomic mass is 9.69. The Bertz CT molecular complexity index is 653. The van der Waals surface area contributed by atoms with Crippen molar-refractivity contribution in [3.05, 3.63) is 28.8 Å². The molecule has 1 amide bonds. The lowest BCUT2D eigenvalue weighted by molar-refractivity contribution is 0.0987. The fourth-order valence-electron chi connectivity index (χ4n) is 3.92. The van der Waals surface area contributed by atoms with Crippen molar-refractivity contribution in [2.45, 2.75) is 51.0 Å². The summed E-state index contributed by atoms with van der Waals surface area (Å²) in [5.41, 5.74) is 0.0515. The molecule has 2 aliphatic carbocycles. The fraction of sp³-hybridized carbons (Fsp3) is 0.588. The molecule has 2 saturated carbocycles. The molecule has 2 aliphatic rings. The van der Waals surface area contributed by atoms with Crippen LogP contribution in [-0.2, 0) is 0 Å². The van der Waals surface area contributed by atoms with Crippen LogP contribution in [0.2, 0.25) is 5.02 Å². The van der Waals surface area contributed by atoms with Crippen molar-refractivity contribution in [3.8, 4) is 5.75 Å². The van der Waals surface area contributed by atoms with Crippen LogP contribution in [0.25, 0.3) is 0 Å². The summed E-state index contributed by atoms with van der Waals surface area (Å²) in [6.07, 6.45) is 8.58. The number of benzene rings is 1. The van der Waals surface area contributed by atoms with E-state index in [1.165, 1.54) is 50.7 Å². The molecule has 1 aromatic rings. The number of carbonyl (C=O) groups is 1.